The summed E-state index contributed by atoms with van der Waals surface area (Å²) in [5, 5.41) is 8.62. The van der Waals surface area contributed by atoms with E-state index < -0.39 is 57.7 Å². The molecule has 0 atom stereocenters. The monoisotopic (exact) mass is 467 g/mol. The molecule has 0 aliphatic rings. The van der Waals surface area contributed by atoms with Gasteiger partial charge in [-0.2, -0.15) is 13.2 Å². The van der Waals surface area contributed by atoms with E-state index in [1.54, 1.807) is 13.8 Å². The molecule has 1 aromatic heterocycles. The minimum atomic E-state index is -5.25. The molecule has 0 unspecified atom stereocenters. The van der Waals surface area contributed by atoms with Crippen molar-refractivity contribution in [3.8, 4) is 0 Å². The average Bonchev–Trinajstić information content (AvgIpc) is 2.60. The van der Waals surface area contributed by atoms with Crippen LogP contribution in [0, 0.1) is 5.92 Å². The van der Waals surface area contributed by atoms with Gasteiger partial charge in [-0.15, -0.1) is 0 Å². The summed E-state index contributed by atoms with van der Waals surface area (Å²) in [5.74, 6) is -2.31. The Labute approximate surface area is 177 Å². The number of benzene rings is 1. The zero-order valence-electron chi connectivity index (χ0n) is 15.6. The summed E-state index contributed by atoms with van der Waals surface area (Å²) < 4.78 is 67.8. The number of alkyl halides is 5. The quantitative estimate of drug-likeness (QED) is 0.387. The smallest absolute Gasteiger partial charge is 0.434 e. The largest absolute Gasteiger partial charge is 0.478 e. The standard InChI is InChI=1S/C19H15ClF5NO3S/c1-8(2)7-11-12(17(27)28)14(16(21)22)26-15(19(23,24)25)13(11)18(29)30-10-5-3-9(20)4-6-10/h3-6,8,16H,7H2,1-2H3,(H,27,28). The van der Waals surface area contributed by atoms with Crippen molar-refractivity contribution in [3.05, 3.63) is 57.4 Å². The minimum Gasteiger partial charge on any atom is -0.478 e. The van der Waals surface area contributed by atoms with Crippen LogP contribution in [0.1, 0.15) is 57.9 Å². The Morgan fingerprint density at radius 1 is 1.13 bits per heavy atom. The number of rotatable bonds is 6. The lowest BCUT2D eigenvalue weighted by Gasteiger charge is -2.21. The molecular formula is C19H15ClF5NO3S. The number of aromatic nitrogens is 1. The maximum Gasteiger partial charge on any atom is 0.434 e. The Morgan fingerprint density at radius 2 is 1.70 bits per heavy atom. The molecule has 1 aromatic carbocycles. The second-order valence-electron chi connectivity index (χ2n) is 6.62. The normalized spacial score (nSPS) is 11.9. The number of nitrogens with zero attached hydrogens (tertiary/aromatic N) is 1. The molecule has 0 radical (unpaired) electrons. The van der Waals surface area contributed by atoms with Crippen LogP contribution in [0.25, 0.3) is 0 Å². The van der Waals surface area contributed by atoms with E-state index in [0.29, 0.717) is 16.8 Å². The summed E-state index contributed by atoms with van der Waals surface area (Å²) in [6.07, 6.45) is -9.16. The summed E-state index contributed by atoms with van der Waals surface area (Å²) in [4.78, 5) is 27.6. The van der Waals surface area contributed by atoms with Gasteiger partial charge in [-0.25, -0.2) is 18.6 Å². The number of carboxylic acid groups (broad SMARTS) is 1. The van der Waals surface area contributed by atoms with E-state index in [4.69, 9.17) is 11.6 Å². The maximum absolute atomic E-state index is 13.7. The van der Waals surface area contributed by atoms with Crippen molar-refractivity contribution in [2.24, 2.45) is 5.92 Å². The van der Waals surface area contributed by atoms with Crippen molar-refractivity contribution in [2.45, 2.75) is 37.8 Å². The topological polar surface area (TPSA) is 67.3 Å². The molecule has 2 aromatic rings. The molecule has 0 bridgehead atoms. The van der Waals surface area contributed by atoms with Gasteiger partial charge in [0.25, 0.3) is 6.43 Å². The summed E-state index contributed by atoms with van der Waals surface area (Å²) in [5.41, 5.74) is -6.06. The van der Waals surface area contributed by atoms with Crippen LogP contribution < -0.4 is 0 Å². The Bertz CT molecular complexity index is 962. The molecular weight excluding hydrogens is 453 g/mol. The van der Waals surface area contributed by atoms with Crippen LogP contribution in [-0.2, 0) is 12.6 Å². The van der Waals surface area contributed by atoms with Crippen molar-refractivity contribution in [2.75, 3.05) is 0 Å². The van der Waals surface area contributed by atoms with Gasteiger partial charge in [-0.05, 0) is 53.9 Å². The third-order valence-corrected chi connectivity index (χ3v) is 5.01. The van der Waals surface area contributed by atoms with E-state index in [0.717, 1.165) is 0 Å². The van der Waals surface area contributed by atoms with Crippen LogP contribution in [0.15, 0.2) is 29.2 Å². The fourth-order valence-electron chi connectivity index (χ4n) is 2.75. The molecule has 1 heterocycles. The number of pyridine rings is 1. The van der Waals surface area contributed by atoms with Gasteiger partial charge in [0, 0.05) is 9.92 Å². The van der Waals surface area contributed by atoms with Gasteiger partial charge in [0.2, 0.25) is 5.12 Å². The van der Waals surface area contributed by atoms with E-state index in [1.165, 1.54) is 24.3 Å². The first-order valence-electron chi connectivity index (χ1n) is 8.46. The highest BCUT2D eigenvalue weighted by atomic mass is 35.5. The Morgan fingerprint density at radius 3 is 2.13 bits per heavy atom. The second kappa shape index (κ2) is 9.30. The number of halogens is 6. The van der Waals surface area contributed by atoms with E-state index in [1.807, 2.05) is 0 Å². The van der Waals surface area contributed by atoms with Crippen LogP contribution >= 0.6 is 23.4 Å². The SMILES string of the molecule is CC(C)Cc1c(C(=O)O)c(C(F)F)nc(C(F)(F)F)c1C(=O)Sc1ccc(Cl)cc1. The molecule has 0 amide bonds. The van der Waals surface area contributed by atoms with Crippen LogP contribution in [0.5, 0.6) is 0 Å². The average molecular weight is 468 g/mol. The highest BCUT2D eigenvalue weighted by Gasteiger charge is 2.42. The zero-order valence-corrected chi connectivity index (χ0v) is 17.1. The van der Waals surface area contributed by atoms with Gasteiger partial charge in [-0.3, -0.25) is 4.79 Å². The minimum absolute atomic E-state index is 0.239. The summed E-state index contributed by atoms with van der Waals surface area (Å²) >= 11 is 6.14. The van der Waals surface area contributed by atoms with Gasteiger partial charge in [0.05, 0.1) is 11.1 Å². The summed E-state index contributed by atoms with van der Waals surface area (Å²) in [7, 11) is 0. The summed E-state index contributed by atoms with van der Waals surface area (Å²) in [6, 6.07) is 5.61. The van der Waals surface area contributed by atoms with Gasteiger partial charge in [-0.1, -0.05) is 25.4 Å². The number of aromatic carboxylic acids is 1. The molecule has 11 heteroatoms. The Balaban J connectivity index is 2.82. The molecule has 4 nitrogen and oxygen atoms in total. The molecule has 30 heavy (non-hydrogen) atoms. The number of hydrogen-bond acceptors (Lipinski definition) is 4. The lowest BCUT2D eigenvalue weighted by Crippen LogP contribution is -2.23. The first kappa shape index (κ1) is 24.1. The van der Waals surface area contributed by atoms with Crippen molar-refractivity contribution in [3.63, 3.8) is 0 Å². The van der Waals surface area contributed by atoms with Crippen molar-refractivity contribution < 1.29 is 36.6 Å². The van der Waals surface area contributed by atoms with Crippen molar-refractivity contribution in [1.82, 2.24) is 4.98 Å². The highest BCUT2D eigenvalue weighted by Crippen LogP contribution is 2.40. The second-order valence-corrected chi connectivity index (χ2v) is 8.10. The number of carboxylic acids is 1. The van der Waals surface area contributed by atoms with Crippen LogP contribution in [0.2, 0.25) is 5.02 Å². The molecule has 162 valence electrons. The summed E-state index contributed by atoms with van der Waals surface area (Å²) in [6.45, 7) is 3.12. The molecule has 0 fully saturated rings. The van der Waals surface area contributed by atoms with Crippen molar-refractivity contribution in [1.29, 1.82) is 0 Å². The predicted molar refractivity (Wildman–Crippen MR) is 101 cm³/mol. The maximum atomic E-state index is 13.7. The first-order valence-corrected chi connectivity index (χ1v) is 9.65. The fraction of sp³-hybridized carbons (Fsp3) is 0.316. The van der Waals surface area contributed by atoms with E-state index in [2.05, 4.69) is 4.98 Å². The lowest BCUT2D eigenvalue weighted by molar-refractivity contribution is -0.141. The fourth-order valence-corrected chi connectivity index (χ4v) is 3.68. The van der Waals surface area contributed by atoms with E-state index in [9.17, 15) is 36.6 Å². The Hall–Kier alpha value is -2.20. The number of thioether (sulfide) groups is 1. The van der Waals surface area contributed by atoms with Gasteiger partial charge in [0.1, 0.15) is 5.69 Å². The van der Waals surface area contributed by atoms with E-state index in [-0.39, 0.29) is 11.3 Å². The van der Waals surface area contributed by atoms with Gasteiger partial charge < -0.3 is 5.11 Å². The first-order chi connectivity index (χ1) is 13.8. The number of carbonyl (C=O) groups excluding carboxylic acids is 1. The van der Waals surface area contributed by atoms with Crippen LogP contribution in [0.3, 0.4) is 0 Å². The highest BCUT2D eigenvalue weighted by molar-refractivity contribution is 8.14. The van der Waals surface area contributed by atoms with Gasteiger partial charge in [0.15, 0.2) is 5.69 Å². The lowest BCUT2D eigenvalue weighted by atomic mass is 9.91. The van der Waals surface area contributed by atoms with Gasteiger partial charge >= 0.3 is 12.1 Å². The Kier molecular flexibility index (Phi) is 7.46. The molecule has 1 N–H and O–H groups in total. The van der Waals surface area contributed by atoms with Crippen molar-refractivity contribution >= 4 is 34.4 Å². The van der Waals surface area contributed by atoms with Crippen LogP contribution in [0.4, 0.5) is 22.0 Å². The molecule has 0 aliphatic carbocycles. The third kappa shape index (κ3) is 5.48. The number of carbonyl (C=O) groups is 2. The molecule has 2 rings (SSSR count). The molecule has 0 saturated heterocycles. The molecule has 0 saturated carbocycles. The third-order valence-electron chi connectivity index (χ3n) is 3.86. The predicted octanol–water partition coefficient (Wildman–Crippen LogP) is 6.52. The molecule has 0 aliphatic heterocycles. The zero-order chi connectivity index (χ0) is 22.8. The molecule has 0 spiro atoms. The van der Waals surface area contributed by atoms with E-state index >= 15 is 0 Å². The number of hydrogen-bond donors (Lipinski definition) is 1. The van der Waals surface area contributed by atoms with Crippen LogP contribution in [-0.4, -0.2) is 21.2 Å².